The van der Waals surface area contributed by atoms with Gasteiger partial charge in [0.25, 0.3) is 5.91 Å². The largest absolute Gasteiger partial charge is 0.484 e. The van der Waals surface area contributed by atoms with Crippen LogP contribution in [0.25, 0.3) is 5.69 Å². The first-order chi connectivity index (χ1) is 15.0. The number of aromatic nitrogens is 2. The van der Waals surface area contributed by atoms with E-state index in [0.717, 1.165) is 11.4 Å². The summed E-state index contributed by atoms with van der Waals surface area (Å²) in [5, 5.41) is 4.44. The Bertz CT molecular complexity index is 988. The molecule has 7 heteroatoms. The average molecular weight is 421 g/mol. The van der Waals surface area contributed by atoms with Gasteiger partial charge in [0, 0.05) is 12.7 Å². The van der Waals surface area contributed by atoms with Crippen molar-refractivity contribution in [1.82, 2.24) is 14.7 Å². The van der Waals surface area contributed by atoms with E-state index >= 15 is 0 Å². The normalized spacial score (nSPS) is 17.4. The Hall–Kier alpha value is -3.16. The van der Waals surface area contributed by atoms with Crippen LogP contribution in [0.2, 0.25) is 0 Å². The second-order valence-corrected chi connectivity index (χ2v) is 7.90. The summed E-state index contributed by atoms with van der Waals surface area (Å²) in [7, 11) is 0. The summed E-state index contributed by atoms with van der Waals surface area (Å²) < 4.78 is 19.2. The number of carbonyl (C=O) groups excluding carboxylic acids is 1. The number of ether oxygens (including phenoxy) is 3. The molecule has 3 aromatic rings. The van der Waals surface area contributed by atoms with Crippen LogP contribution < -0.4 is 4.74 Å². The van der Waals surface area contributed by atoms with E-state index in [9.17, 15) is 4.79 Å². The van der Waals surface area contributed by atoms with Gasteiger partial charge in [0.15, 0.2) is 12.4 Å². The van der Waals surface area contributed by atoms with Gasteiger partial charge in [-0.3, -0.25) is 4.79 Å². The molecule has 2 aromatic carbocycles. The average Bonchev–Trinajstić information content (AvgIpc) is 3.38. The maximum absolute atomic E-state index is 13.1. The molecule has 1 amide bonds. The third-order valence-corrected chi connectivity index (χ3v) is 5.02. The zero-order valence-electron chi connectivity index (χ0n) is 17.8. The Morgan fingerprint density at radius 1 is 1.13 bits per heavy atom. The van der Waals surface area contributed by atoms with Gasteiger partial charge in [-0.15, -0.1) is 0 Å². The molecule has 0 aliphatic carbocycles. The van der Waals surface area contributed by atoms with Crippen molar-refractivity contribution >= 4 is 5.91 Å². The minimum atomic E-state index is -0.647. The monoisotopic (exact) mass is 421 g/mol. The highest BCUT2D eigenvalue weighted by Gasteiger charge is 2.34. The van der Waals surface area contributed by atoms with E-state index < -0.39 is 5.79 Å². The summed E-state index contributed by atoms with van der Waals surface area (Å²) in [5.41, 5.74) is 1.84. The van der Waals surface area contributed by atoms with Crippen molar-refractivity contribution in [2.75, 3.05) is 19.8 Å². The zero-order valence-corrected chi connectivity index (χ0v) is 17.8. The Morgan fingerprint density at radius 3 is 2.52 bits per heavy atom. The molecule has 0 unspecified atom stereocenters. The highest BCUT2D eigenvalue weighted by Crippen LogP contribution is 2.23. The van der Waals surface area contributed by atoms with Crippen molar-refractivity contribution < 1.29 is 19.0 Å². The van der Waals surface area contributed by atoms with Gasteiger partial charge in [-0.05, 0) is 44.2 Å². The minimum Gasteiger partial charge on any atom is -0.484 e. The SMILES string of the molecule is CC1(C)OC[C@@H](CN(Cc2ccnn2-c2ccccc2)C(=O)COc2ccccc2)O1. The summed E-state index contributed by atoms with van der Waals surface area (Å²) in [5.74, 6) is -0.115. The molecule has 4 rings (SSSR count). The molecule has 2 heterocycles. The first-order valence-electron chi connectivity index (χ1n) is 10.4. The lowest BCUT2D eigenvalue weighted by Crippen LogP contribution is -2.41. The van der Waals surface area contributed by atoms with Gasteiger partial charge < -0.3 is 19.1 Å². The molecule has 0 spiro atoms. The van der Waals surface area contributed by atoms with Crippen molar-refractivity contribution in [2.45, 2.75) is 32.3 Å². The summed E-state index contributed by atoms with van der Waals surface area (Å²) in [6.07, 6.45) is 1.53. The molecule has 0 radical (unpaired) electrons. The second kappa shape index (κ2) is 9.32. The summed E-state index contributed by atoms with van der Waals surface area (Å²) in [4.78, 5) is 14.9. The van der Waals surface area contributed by atoms with Crippen LogP contribution in [0.4, 0.5) is 0 Å². The quantitative estimate of drug-likeness (QED) is 0.558. The first-order valence-corrected chi connectivity index (χ1v) is 10.4. The maximum atomic E-state index is 13.1. The lowest BCUT2D eigenvalue weighted by molar-refractivity contribution is -0.147. The standard InChI is InChI=1S/C24H27N3O4/c1-24(2)30-17-22(31-24)16-26(23(28)18-29-21-11-7-4-8-12-21)15-20-13-14-25-27(20)19-9-5-3-6-10-19/h3-14,22H,15-18H2,1-2H3/t22-/m1/s1. The van der Waals surface area contributed by atoms with E-state index in [1.54, 1.807) is 11.1 Å². The molecule has 162 valence electrons. The number of amides is 1. The van der Waals surface area contributed by atoms with Gasteiger partial charge in [-0.2, -0.15) is 5.10 Å². The van der Waals surface area contributed by atoms with E-state index in [1.165, 1.54) is 0 Å². The van der Waals surface area contributed by atoms with Gasteiger partial charge in [-0.25, -0.2) is 4.68 Å². The van der Waals surface area contributed by atoms with E-state index in [1.807, 2.05) is 85.3 Å². The molecule has 0 bridgehead atoms. The van der Waals surface area contributed by atoms with Crippen LogP contribution in [-0.4, -0.2) is 52.2 Å². The van der Waals surface area contributed by atoms with Crippen molar-refractivity contribution in [1.29, 1.82) is 0 Å². The highest BCUT2D eigenvalue weighted by atomic mass is 16.7. The van der Waals surface area contributed by atoms with Crippen molar-refractivity contribution in [3.05, 3.63) is 78.6 Å². The number of carbonyl (C=O) groups is 1. The number of hydrogen-bond donors (Lipinski definition) is 0. The number of nitrogens with zero attached hydrogens (tertiary/aromatic N) is 3. The van der Waals surface area contributed by atoms with Gasteiger partial charge in [0.05, 0.1) is 24.5 Å². The molecule has 1 saturated heterocycles. The van der Waals surface area contributed by atoms with Crippen LogP contribution in [0.1, 0.15) is 19.5 Å². The van der Waals surface area contributed by atoms with Crippen LogP contribution in [0.3, 0.4) is 0 Å². The van der Waals surface area contributed by atoms with E-state index in [4.69, 9.17) is 14.2 Å². The maximum Gasteiger partial charge on any atom is 0.260 e. The van der Waals surface area contributed by atoms with E-state index in [2.05, 4.69) is 5.10 Å². The lowest BCUT2D eigenvalue weighted by atomic mass is 10.2. The Morgan fingerprint density at radius 2 is 1.84 bits per heavy atom. The number of para-hydroxylation sites is 2. The third-order valence-electron chi connectivity index (χ3n) is 5.02. The van der Waals surface area contributed by atoms with Gasteiger partial charge in [-0.1, -0.05) is 36.4 Å². The molecule has 1 atom stereocenters. The van der Waals surface area contributed by atoms with Crippen LogP contribution in [0, 0.1) is 0 Å². The Labute approximate surface area is 182 Å². The van der Waals surface area contributed by atoms with Gasteiger partial charge in [0.2, 0.25) is 0 Å². The van der Waals surface area contributed by atoms with Crippen LogP contribution in [-0.2, 0) is 20.8 Å². The Balaban J connectivity index is 1.50. The van der Waals surface area contributed by atoms with E-state index in [0.29, 0.717) is 25.4 Å². The van der Waals surface area contributed by atoms with Crippen molar-refractivity contribution in [3.8, 4) is 11.4 Å². The lowest BCUT2D eigenvalue weighted by Gasteiger charge is -2.26. The van der Waals surface area contributed by atoms with Crippen LogP contribution in [0.5, 0.6) is 5.75 Å². The molecular formula is C24H27N3O4. The summed E-state index contributed by atoms with van der Waals surface area (Å²) >= 11 is 0. The van der Waals surface area contributed by atoms with Crippen LogP contribution in [0.15, 0.2) is 72.9 Å². The highest BCUT2D eigenvalue weighted by molar-refractivity contribution is 5.77. The smallest absolute Gasteiger partial charge is 0.260 e. The van der Waals surface area contributed by atoms with E-state index in [-0.39, 0.29) is 18.6 Å². The van der Waals surface area contributed by atoms with Gasteiger partial charge >= 0.3 is 0 Å². The molecule has 0 N–H and O–H groups in total. The number of hydrogen-bond acceptors (Lipinski definition) is 5. The molecule has 0 saturated carbocycles. The molecular weight excluding hydrogens is 394 g/mol. The zero-order chi connectivity index (χ0) is 21.7. The minimum absolute atomic E-state index is 0.0551. The molecule has 31 heavy (non-hydrogen) atoms. The topological polar surface area (TPSA) is 65.8 Å². The van der Waals surface area contributed by atoms with Crippen LogP contribution >= 0.6 is 0 Å². The Kier molecular flexibility index (Phi) is 6.34. The fraction of sp³-hybridized carbons (Fsp3) is 0.333. The molecule has 1 aliphatic rings. The number of benzene rings is 2. The summed E-state index contributed by atoms with van der Waals surface area (Å²) in [6, 6.07) is 21.1. The fourth-order valence-corrected chi connectivity index (χ4v) is 3.55. The first kappa shape index (κ1) is 21.1. The number of rotatable bonds is 8. The predicted octanol–water partition coefficient (Wildman–Crippen LogP) is 3.43. The third kappa shape index (κ3) is 5.51. The van der Waals surface area contributed by atoms with Gasteiger partial charge in [0.1, 0.15) is 11.9 Å². The molecule has 1 aromatic heterocycles. The fourth-order valence-electron chi connectivity index (χ4n) is 3.55. The molecule has 1 aliphatic heterocycles. The summed E-state index contributed by atoms with van der Waals surface area (Å²) in [6.45, 7) is 4.92. The van der Waals surface area contributed by atoms with Crippen molar-refractivity contribution in [2.24, 2.45) is 0 Å². The predicted molar refractivity (Wildman–Crippen MR) is 116 cm³/mol. The molecule has 1 fully saturated rings. The molecule has 7 nitrogen and oxygen atoms in total. The second-order valence-electron chi connectivity index (χ2n) is 7.90. The van der Waals surface area contributed by atoms with Crippen molar-refractivity contribution in [3.63, 3.8) is 0 Å².